The Morgan fingerprint density at radius 3 is 2.70 bits per heavy atom. The SMILES string of the molecule is CCCCOC(C)C(=O)Nc1ccc(C)c(C(=O)O)c1. The summed E-state index contributed by atoms with van der Waals surface area (Å²) >= 11 is 0. The number of unbranched alkanes of at least 4 members (excludes halogenated alkanes) is 1. The van der Waals surface area contributed by atoms with Gasteiger partial charge in [-0.05, 0) is 38.0 Å². The molecule has 0 saturated carbocycles. The number of benzene rings is 1. The molecular formula is C15H21NO4. The first-order valence-electron chi connectivity index (χ1n) is 6.72. The van der Waals surface area contributed by atoms with E-state index in [1.165, 1.54) is 6.07 Å². The van der Waals surface area contributed by atoms with Crippen molar-refractivity contribution in [3.8, 4) is 0 Å². The molecule has 0 aliphatic carbocycles. The van der Waals surface area contributed by atoms with E-state index in [1.807, 2.05) is 6.92 Å². The van der Waals surface area contributed by atoms with Gasteiger partial charge in [0.15, 0.2) is 0 Å². The topological polar surface area (TPSA) is 75.6 Å². The Morgan fingerprint density at radius 2 is 2.10 bits per heavy atom. The monoisotopic (exact) mass is 279 g/mol. The van der Waals surface area contributed by atoms with Gasteiger partial charge in [-0.25, -0.2) is 4.79 Å². The minimum absolute atomic E-state index is 0.183. The van der Waals surface area contributed by atoms with E-state index in [2.05, 4.69) is 5.32 Å². The highest BCUT2D eigenvalue weighted by Gasteiger charge is 2.14. The number of rotatable bonds is 7. The highest BCUT2D eigenvalue weighted by atomic mass is 16.5. The Bertz CT molecular complexity index is 485. The Kier molecular flexibility index (Phi) is 6.18. The summed E-state index contributed by atoms with van der Waals surface area (Å²) < 4.78 is 5.39. The highest BCUT2D eigenvalue weighted by molar-refractivity contribution is 5.96. The number of carboxylic acids is 1. The fraction of sp³-hybridized carbons (Fsp3) is 0.467. The van der Waals surface area contributed by atoms with Crippen molar-refractivity contribution in [3.05, 3.63) is 29.3 Å². The zero-order valence-electron chi connectivity index (χ0n) is 12.1. The molecule has 0 fully saturated rings. The van der Waals surface area contributed by atoms with Crippen molar-refractivity contribution in [2.45, 2.75) is 39.7 Å². The zero-order chi connectivity index (χ0) is 15.1. The summed E-state index contributed by atoms with van der Waals surface area (Å²) in [6.45, 7) is 5.98. The lowest BCUT2D eigenvalue weighted by atomic mass is 10.1. The molecule has 1 rings (SSSR count). The van der Waals surface area contributed by atoms with Crippen molar-refractivity contribution in [1.82, 2.24) is 0 Å². The van der Waals surface area contributed by atoms with Crippen molar-refractivity contribution < 1.29 is 19.4 Å². The number of hydrogen-bond acceptors (Lipinski definition) is 3. The Balaban J connectivity index is 2.66. The maximum Gasteiger partial charge on any atom is 0.336 e. The molecule has 0 radical (unpaired) electrons. The summed E-state index contributed by atoms with van der Waals surface area (Å²) in [5.41, 5.74) is 1.30. The summed E-state index contributed by atoms with van der Waals surface area (Å²) in [5.74, 6) is -1.29. The van der Waals surface area contributed by atoms with Crippen molar-refractivity contribution in [2.75, 3.05) is 11.9 Å². The fourth-order valence-electron chi connectivity index (χ4n) is 1.65. The minimum Gasteiger partial charge on any atom is -0.478 e. The number of aromatic carboxylic acids is 1. The number of aryl methyl sites for hydroxylation is 1. The first kappa shape index (κ1) is 16.2. The summed E-state index contributed by atoms with van der Waals surface area (Å²) in [6.07, 6.45) is 1.36. The number of carbonyl (C=O) groups excluding carboxylic acids is 1. The van der Waals surface area contributed by atoms with E-state index < -0.39 is 12.1 Å². The predicted octanol–water partition coefficient (Wildman–Crippen LogP) is 2.84. The number of amides is 1. The van der Waals surface area contributed by atoms with Gasteiger partial charge < -0.3 is 15.2 Å². The van der Waals surface area contributed by atoms with Gasteiger partial charge in [0.05, 0.1) is 5.56 Å². The number of ether oxygens (including phenoxy) is 1. The molecule has 5 nitrogen and oxygen atoms in total. The molecule has 1 unspecified atom stereocenters. The van der Waals surface area contributed by atoms with Crippen LogP contribution >= 0.6 is 0 Å². The maximum atomic E-state index is 11.9. The average Bonchev–Trinajstić information content (AvgIpc) is 2.40. The fourth-order valence-corrected chi connectivity index (χ4v) is 1.65. The second kappa shape index (κ2) is 7.65. The number of anilines is 1. The number of nitrogens with one attached hydrogen (secondary N) is 1. The van der Waals surface area contributed by atoms with E-state index in [1.54, 1.807) is 26.0 Å². The molecule has 0 aromatic heterocycles. The molecule has 1 atom stereocenters. The van der Waals surface area contributed by atoms with Gasteiger partial charge in [0.1, 0.15) is 6.10 Å². The van der Waals surface area contributed by atoms with Crippen LogP contribution in [-0.4, -0.2) is 29.7 Å². The lowest BCUT2D eigenvalue weighted by Gasteiger charge is -2.14. The van der Waals surface area contributed by atoms with E-state index in [4.69, 9.17) is 9.84 Å². The quantitative estimate of drug-likeness (QED) is 0.752. The predicted molar refractivity (Wildman–Crippen MR) is 77.1 cm³/mol. The third kappa shape index (κ3) is 4.66. The second-order valence-corrected chi connectivity index (χ2v) is 4.69. The van der Waals surface area contributed by atoms with Gasteiger partial charge in [-0.3, -0.25) is 4.79 Å². The standard InChI is InChI=1S/C15H21NO4/c1-4-5-8-20-11(3)14(17)16-12-7-6-10(2)13(9-12)15(18)19/h6-7,9,11H,4-5,8H2,1-3H3,(H,16,17)(H,18,19). The minimum atomic E-state index is -1.01. The van der Waals surface area contributed by atoms with Gasteiger partial charge in [0, 0.05) is 12.3 Å². The Morgan fingerprint density at radius 1 is 1.40 bits per heavy atom. The van der Waals surface area contributed by atoms with Crippen LogP contribution in [-0.2, 0) is 9.53 Å². The number of carboxylic acid groups (broad SMARTS) is 1. The van der Waals surface area contributed by atoms with E-state index >= 15 is 0 Å². The molecule has 1 aromatic carbocycles. The van der Waals surface area contributed by atoms with Crippen LogP contribution in [0.4, 0.5) is 5.69 Å². The Hall–Kier alpha value is -1.88. The van der Waals surface area contributed by atoms with Crippen LogP contribution in [0.15, 0.2) is 18.2 Å². The van der Waals surface area contributed by atoms with E-state index in [9.17, 15) is 9.59 Å². The Labute approximate surface area is 118 Å². The number of carbonyl (C=O) groups is 2. The zero-order valence-corrected chi connectivity index (χ0v) is 12.1. The van der Waals surface area contributed by atoms with Gasteiger partial charge >= 0.3 is 5.97 Å². The van der Waals surface area contributed by atoms with Crippen molar-refractivity contribution in [1.29, 1.82) is 0 Å². The summed E-state index contributed by atoms with van der Waals surface area (Å²) in [6, 6.07) is 4.80. The van der Waals surface area contributed by atoms with Crippen LogP contribution in [0.3, 0.4) is 0 Å². The smallest absolute Gasteiger partial charge is 0.336 e. The molecule has 1 aromatic rings. The molecule has 20 heavy (non-hydrogen) atoms. The molecule has 0 aliphatic rings. The summed E-state index contributed by atoms with van der Waals surface area (Å²) in [7, 11) is 0. The van der Waals surface area contributed by atoms with Gasteiger partial charge in [-0.15, -0.1) is 0 Å². The van der Waals surface area contributed by atoms with Crippen LogP contribution < -0.4 is 5.32 Å². The van der Waals surface area contributed by atoms with E-state index in [0.29, 0.717) is 17.9 Å². The first-order chi connectivity index (χ1) is 9.45. The molecular weight excluding hydrogens is 258 g/mol. The van der Waals surface area contributed by atoms with Crippen LogP contribution in [0.25, 0.3) is 0 Å². The van der Waals surface area contributed by atoms with Crippen LogP contribution in [0.1, 0.15) is 42.6 Å². The van der Waals surface area contributed by atoms with Crippen molar-refractivity contribution >= 4 is 17.6 Å². The van der Waals surface area contributed by atoms with Gasteiger partial charge in [0.25, 0.3) is 5.91 Å². The first-order valence-corrected chi connectivity index (χ1v) is 6.72. The van der Waals surface area contributed by atoms with Crippen molar-refractivity contribution in [3.63, 3.8) is 0 Å². The normalized spacial score (nSPS) is 11.9. The van der Waals surface area contributed by atoms with Crippen LogP contribution in [0, 0.1) is 6.92 Å². The third-order valence-corrected chi connectivity index (χ3v) is 2.97. The molecule has 0 heterocycles. The molecule has 2 N–H and O–H groups in total. The maximum absolute atomic E-state index is 11.9. The second-order valence-electron chi connectivity index (χ2n) is 4.69. The lowest BCUT2D eigenvalue weighted by molar-refractivity contribution is -0.126. The van der Waals surface area contributed by atoms with Crippen molar-refractivity contribution in [2.24, 2.45) is 0 Å². The van der Waals surface area contributed by atoms with E-state index in [0.717, 1.165) is 12.8 Å². The molecule has 110 valence electrons. The van der Waals surface area contributed by atoms with Gasteiger partial charge in [-0.1, -0.05) is 19.4 Å². The molecule has 0 bridgehead atoms. The molecule has 0 saturated heterocycles. The van der Waals surface area contributed by atoms with Gasteiger partial charge in [0.2, 0.25) is 0 Å². The third-order valence-electron chi connectivity index (χ3n) is 2.97. The molecule has 5 heteroatoms. The molecule has 1 amide bonds. The molecule has 0 spiro atoms. The highest BCUT2D eigenvalue weighted by Crippen LogP contribution is 2.16. The summed E-state index contributed by atoms with van der Waals surface area (Å²) in [5, 5.41) is 11.7. The van der Waals surface area contributed by atoms with Crippen LogP contribution in [0.2, 0.25) is 0 Å². The summed E-state index contributed by atoms with van der Waals surface area (Å²) in [4.78, 5) is 22.9. The molecule has 0 aliphatic heterocycles. The average molecular weight is 279 g/mol. The van der Waals surface area contributed by atoms with Crippen LogP contribution in [0.5, 0.6) is 0 Å². The van der Waals surface area contributed by atoms with Gasteiger partial charge in [-0.2, -0.15) is 0 Å². The lowest BCUT2D eigenvalue weighted by Crippen LogP contribution is -2.28. The largest absolute Gasteiger partial charge is 0.478 e. The number of hydrogen-bond donors (Lipinski definition) is 2. The van der Waals surface area contributed by atoms with E-state index in [-0.39, 0.29) is 11.5 Å².